The molecule has 0 aromatic heterocycles. The average molecular weight is 629 g/mol. The smallest absolute Gasteiger partial charge is 0.112 e. The van der Waals surface area contributed by atoms with E-state index in [-0.39, 0.29) is 0 Å². The summed E-state index contributed by atoms with van der Waals surface area (Å²) in [6.07, 6.45) is 41.7. The Kier molecular flexibility index (Phi) is 33.9. The molecular weight excluding hydrogens is 547 g/mol. The standard InChI is InChI=1S/C39H81O3P/c1-3-5-7-9-11-13-15-17-19-21-23-25-27-29-31-33-35-37(40)38(41)39(42,43)36-34-32-30-28-26-24-22-20-18-16-14-12-10-8-6-4-2/h37-38,40-42H,3-36,43H2,1-2H3. The zero-order valence-electron chi connectivity index (χ0n) is 29.6. The fraction of sp³-hybridized carbons (Fsp3) is 1.00. The molecule has 4 heteroatoms. The van der Waals surface area contributed by atoms with Crippen LogP contribution >= 0.6 is 9.24 Å². The summed E-state index contributed by atoms with van der Waals surface area (Å²) in [6.45, 7) is 4.57. The lowest BCUT2D eigenvalue weighted by atomic mass is 9.96. The van der Waals surface area contributed by atoms with Crippen LogP contribution in [0.3, 0.4) is 0 Å². The maximum absolute atomic E-state index is 10.8. The first kappa shape index (κ1) is 43.3. The van der Waals surface area contributed by atoms with Crippen LogP contribution in [0.4, 0.5) is 0 Å². The van der Waals surface area contributed by atoms with Crippen LogP contribution in [0, 0.1) is 0 Å². The average Bonchev–Trinajstić information content (AvgIpc) is 3.00. The lowest BCUT2D eigenvalue weighted by Gasteiger charge is -2.32. The molecule has 260 valence electrons. The topological polar surface area (TPSA) is 60.7 Å². The van der Waals surface area contributed by atoms with Gasteiger partial charge in [-0.15, -0.1) is 9.24 Å². The molecule has 0 rings (SSSR count). The van der Waals surface area contributed by atoms with E-state index < -0.39 is 17.6 Å². The van der Waals surface area contributed by atoms with Crippen molar-refractivity contribution in [2.75, 3.05) is 0 Å². The Morgan fingerprint density at radius 1 is 0.395 bits per heavy atom. The van der Waals surface area contributed by atoms with Crippen molar-refractivity contribution in [2.45, 2.75) is 250 Å². The van der Waals surface area contributed by atoms with E-state index in [1.807, 2.05) is 0 Å². The second-order valence-electron chi connectivity index (χ2n) is 14.1. The fourth-order valence-electron chi connectivity index (χ4n) is 6.50. The van der Waals surface area contributed by atoms with Gasteiger partial charge in [-0.05, 0) is 12.8 Å². The van der Waals surface area contributed by atoms with E-state index in [0.29, 0.717) is 12.8 Å². The van der Waals surface area contributed by atoms with Crippen LogP contribution in [0.25, 0.3) is 0 Å². The predicted molar refractivity (Wildman–Crippen MR) is 195 cm³/mol. The molecule has 0 fully saturated rings. The highest BCUT2D eigenvalue weighted by atomic mass is 31.0. The Hall–Kier alpha value is 0.310. The van der Waals surface area contributed by atoms with Crippen LogP contribution in [0.15, 0.2) is 0 Å². The Morgan fingerprint density at radius 2 is 0.628 bits per heavy atom. The first-order chi connectivity index (χ1) is 21.0. The van der Waals surface area contributed by atoms with Crippen molar-refractivity contribution in [3.05, 3.63) is 0 Å². The van der Waals surface area contributed by atoms with E-state index in [1.54, 1.807) is 0 Å². The molecule has 0 aliphatic carbocycles. The molecule has 0 heterocycles. The summed E-state index contributed by atoms with van der Waals surface area (Å²) in [5.41, 5.74) is 0. The molecule has 4 unspecified atom stereocenters. The van der Waals surface area contributed by atoms with Gasteiger partial charge in [0.05, 0.1) is 6.10 Å². The highest BCUT2D eigenvalue weighted by Crippen LogP contribution is 2.30. The van der Waals surface area contributed by atoms with Crippen molar-refractivity contribution in [1.29, 1.82) is 0 Å². The molecule has 0 aliphatic rings. The first-order valence-electron chi connectivity index (χ1n) is 19.8. The lowest BCUT2D eigenvalue weighted by molar-refractivity contribution is -0.0837. The zero-order valence-corrected chi connectivity index (χ0v) is 30.8. The number of aliphatic hydroxyl groups is 3. The van der Waals surface area contributed by atoms with Crippen molar-refractivity contribution < 1.29 is 15.3 Å². The van der Waals surface area contributed by atoms with E-state index in [0.717, 1.165) is 25.7 Å². The zero-order chi connectivity index (χ0) is 31.7. The van der Waals surface area contributed by atoms with Crippen molar-refractivity contribution in [3.8, 4) is 0 Å². The van der Waals surface area contributed by atoms with Gasteiger partial charge in [-0.25, -0.2) is 0 Å². The summed E-state index contributed by atoms with van der Waals surface area (Å²) in [5, 5.41) is 30.5. The highest BCUT2D eigenvalue weighted by molar-refractivity contribution is 7.18. The van der Waals surface area contributed by atoms with Gasteiger partial charge in [-0.3, -0.25) is 0 Å². The number of rotatable bonds is 36. The van der Waals surface area contributed by atoms with Gasteiger partial charge in [0.2, 0.25) is 0 Å². The second-order valence-corrected chi connectivity index (χ2v) is 15.1. The van der Waals surface area contributed by atoms with Crippen molar-refractivity contribution in [1.82, 2.24) is 0 Å². The number of aliphatic hydroxyl groups excluding tert-OH is 2. The summed E-state index contributed by atoms with van der Waals surface area (Å²) < 4.78 is 0. The number of unbranched alkanes of at least 4 members (excludes halogenated alkanes) is 30. The highest BCUT2D eigenvalue weighted by Gasteiger charge is 2.34. The third kappa shape index (κ3) is 30.7. The van der Waals surface area contributed by atoms with Gasteiger partial charge in [0.25, 0.3) is 0 Å². The molecular formula is C39H81O3P. The third-order valence-electron chi connectivity index (χ3n) is 9.66. The number of hydrogen-bond acceptors (Lipinski definition) is 3. The maximum atomic E-state index is 10.8. The number of hydrogen-bond donors (Lipinski definition) is 3. The predicted octanol–water partition coefficient (Wildman–Crippen LogP) is 12.6. The minimum Gasteiger partial charge on any atom is -0.390 e. The summed E-state index contributed by atoms with van der Waals surface area (Å²) in [6, 6.07) is 0. The largest absolute Gasteiger partial charge is 0.390 e. The van der Waals surface area contributed by atoms with Crippen LogP contribution in [0.1, 0.15) is 232 Å². The summed E-state index contributed by atoms with van der Waals surface area (Å²) >= 11 is 0. The monoisotopic (exact) mass is 629 g/mol. The molecule has 0 saturated carbocycles. The quantitative estimate of drug-likeness (QED) is 0.0478. The molecule has 0 aromatic carbocycles. The van der Waals surface area contributed by atoms with E-state index in [9.17, 15) is 15.3 Å². The summed E-state index contributed by atoms with van der Waals surface area (Å²) in [5.74, 6) is 0. The Bertz CT molecular complexity index is 527. The Morgan fingerprint density at radius 3 is 0.907 bits per heavy atom. The van der Waals surface area contributed by atoms with E-state index in [1.165, 1.54) is 180 Å². The van der Waals surface area contributed by atoms with Gasteiger partial charge in [0, 0.05) is 0 Å². The Labute approximate surface area is 273 Å². The summed E-state index contributed by atoms with van der Waals surface area (Å²) in [4.78, 5) is 0. The van der Waals surface area contributed by atoms with Crippen LogP contribution in [-0.4, -0.2) is 32.9 Å². The van der Waals surface area contributed by atoms with Crippen molar-refractivity contribution in [3.63, 3.8) is 0 Å². The van der Waals surface area contributed by atoms with E-state index in [2.05, 4.69) is 23.1 Å². The summed E-state index contributed by atoms with van der Waals surface area (Å²) in [7, 11) is 2.43. The molecule has 3 N–H and O–H groups in total. The van der Waals surface area contributed by atoms with Gasteiger partial charge in [-0.1, -0.05) is 219 Å². The fourth-order valence-corrected chi connectivity index (χ4v) is 6.92. The minimum absolute atomic E-state index is 0.535. The van der Waals surface area contributed by atoms with Crippen LogP contribution in [0.2, 0.25) is 0 Å². The lowest BCUT2D eigenvalue weighted by Crippen LogP contribution is -2.44. The second kappa shape index (κ2) is 33.7. The maximum Gasteiger partial charge on any atom is 0.112 e. The molecule has 0 aliphatic heterocycles. The SMILES string of the molecule is CCCCCCCCCCCCCCCCCCC(O)C(O)C(O)(P)CCCCCCCCCCCCCCCCCC. The van der Waals surface area contributed by atoms with E-state index in [4.69, 9.17) is 0 Å². The van der Waals surface area contributed by atoms with Gasteiger partial charge < -0.3 is 15.3 Å². The van der Waals surface area contributed by atoms with Gasteiger partial charge in [0.1, 0.15) is 11.4 Å². The van der Waals surface area contributed by atoms with Gasteiger partial charge in [-0.2, -0.15) is 0 Å². The molecule has 0 amide bonds. The first-order valence-corrected chi connectivity index (χ1v) is 20.4. The van der Waals surface area contributed by atoms with Gasteiger partial charge in [0.15, 0.2) is 0 Å². The van der Waals surface area contributed by atoms with Crippen molar-refractivity contribution in [2.24, 2.45) is 0 Å². The molecule has 0 radical (unpaired) electrons. The Balaban J connectivity index is 3.51. The molecule has 0 aromatic rings. The molecule has 43 heavy (non-hydrogen) atoms. The van der Waals surface area contributed by atoms with Crippen LogP contribution in [0.5, 0.6) is 0 Å². The van der Waals surface area contributed by atoms with E-state index >= 15 is 0 Å². The molecule has 0 spiro atoms. The molecule has 0 bridgehead atoms. The van der Waals surface area contributed by atoms with Gasteiger partial charge >= 0.3 is 0 Å². The third-order valence-corrected chi connectivity index (χ3v) is 10.3. The van der Waals surface area contributed by atoms with Crippen LogP contribution < -0.4 is 0 Å². The van der Waals surface area contributed by atoms with Crippen molar-refractivity contribution >= 4 is 9.24 Å². The minimum atomic E-state index is -1.27. The molecule has 4 atom stereocenters. The normalized spacial score (nSPS) is 14.7. The molecule has 0 saturated heterocycles. The molecule has 3 nitrogen and oxygen atoms in total. The van der Waals surface area contributed by atoms with Crippen LogP contribution in [-0.2, 0) is 0 Å².